The van der Waals surface area contributed by atoms with E-state index in [0.717, 1.165) is 29.8 Å². The molecule has 1 spiro atoms. The van der Waals surface area contributed by atoms with Crippen LogP contribution in [0.4, 0.5) is 13.2 Å². The van der Waals surface area contributed by atoms with Gasteiger partial charge in [0.2, 0.25) is 0 Å². The Bertz CT molecular complexity index is 1350. The molecule has 0 radical (unpaired) electrons. The van der Waals surface area contributed by atoms with Gasteiger partial charge < -0.3 is 24.7 Å². The van der Waals surface area contributed by atoms with Crippen molar-refractivity contribution in [2.45, 2.75) is 61.1 Å². The summed E-state index contributed by atoms with van der Waals surface area (Å²) in [6.45, 7) is 0.791. The second-order valence-corrected chi connectivity index (χ2v) is 10.7. The molecule has 1 saturated carbocycles. The van der Waals surface area contributed by atoms with E-state index in [4.69, 9.17) is 4.74 Å². The van der Waals surface area contributed by atoms with Gasteiger partial charge in [0.1, 0.15) is 6.10 Å². The Morgan fingerprint density at radius 3 is 2.65 bits per heavy atom. The Balaban J connectivity index is 1.29. The molecule has 37 heavy (non-hydrogen) atoms. The van der Waals surface area contributed by atoms with Crippen LogP contribution in [-0.4, -0.2) is 70.3 Å². The van der Waals surface area contributed by atoms with E-state index in [1.165, 1.54) is 17.0 Å². The number of hydrogen-bond acceptors (Lipinski definition) is 5. The van der Waals surface area contributed by atoms with Gasteiger partial charge in [0.05, 0.1) is 16.6 Å². The van der Waals surface area contributed by atoms with Crippen molar-refractivity contribution in [1.29, 1.82) is 0 Å². The second kappa shape index (κ2) is 7.89. The van der Waals surface area contributed by atoms with Gasteiger partial charge in [0.25, 0.3) is 5.91 Å². The molecule has 2 aliphatic heterocycles. The summed E-state index contributed by atoms with van der Waals surface area (Å²) in [5.41, 5.74) is -0.300. The van der Waals surface area contributed by atoms with Crippen LogP contribution >= 0.6 is 0 Å². The molecule has 9 heteroatoms. The number of phenols is 1. The highest BCUT2D eigenvalue weighted by Gasteiger charge is 2.72. The molecule has 0 aromatic heterocycles. The Morgan fingerprint density at radius 2 is 1.95 bits per heavy atom. The van der Waals surface area contributed by atoms with Gasteiger partial charge in [0.15, 0.2) is 11.5 Å². The van der Waals surface area contributed by atoms with Crippen molar-refractivity contribution in [3.63, 3.8) is 0 Å². The van der Waals surface area contributed by atoms with E-state index >= 15 is 0 Å². The Morgan fingerprint density at radius 1 is 1.22 bits per heavy atom. The number of aliphatic hydroxyl groups is 1. The van der Waals surface area contributed by atoms with Crippen molar-refractivity contribution in [3.8, 4) is 23.3 Å². The lowest BCUT2D eigenvalue weighted by Crippen LogP contribution is -2.77. The third-order valence-corrected chi connectivity index (χ3v) is 9.03. The maximum Gasteiger partial charge on any atom is 0.416 e. The van der Waals surface area contributed by atoms with Crippen LogP contribution in [0.25, 0.3) is 0 Å². The van der Waals surface area contributed by atoms with Crippen LogP contribution in [-0.2, 0) is 22.8 Å². The molecule has 2 bridgehead atoms. The van der Waals surface area contributed by atoms with E-state index in [1.54, 1.807) is 13.1 Å². The summed E-state index contributed by atoms with van der Waals surface area (Å²) in [4.78, 5) is 16.7. The number of alkyl halides is 3. The first kappa shape index (κ1) is 24.1. The molecule has 2 aromatic rings. The zero-order chi connectivity index (χ0) is 26.3. The monoisotopic (exact) mass is 512 g/mol. The van der Waals surface area contributed by atoms with Gasteiger partial charge >= 0.3 is 6.18 Å². The summed E-state index contributed by atoms with van der Waals surface area (Å²) in [5, 5.41) is 23.0. The number of benzene rings is 2. The third kappa shape index (κ3) is 3.32. The minimum atomic E-state index is -4.44. The maximum absolute atomic E-state index is 13.0. The average molecular weight is 513 g/mol. The molecule has 6 rings (SSSR count). The van der Waals surface area contributed by atoms with Crippen molar-refractivity contribution in [1.82, 2.24) is 9.80 Å². The number of carbonyl (C=O) groups is 1. The number of ether oxygens (including phenoxy) is 1. The maximum atomic E-state index is 13.0. The van der Waals surface area contributed by atoms with Crippen LogP contribution in [0.5, 0.6) is 11.5 Å². The van der Waals surface area contributed by atoms with Crippen LogP contribution in [0.2, 0.25) is 0 Å². The lowest BCUT2D eigenvalue weighted by molar-refractivity contribution is -0.194. The van der Waals surface area contributed by atoms with Gasteiger partial charge in [-0.3, -0.25) is 4.79 Å². The fourth-order valence-electron chi connectivity index (χ4n) is 7.17. The summed E-state index contributed by atoms with van der Waals surface area (Å²) >= 11 is 0. The molecule has 2 heterocycles. The predicted octanol–water partition coefficient (Wildman–Crippen LogP) is 3.07. The summed E-state index contributed by atoms with van der Waals surface area (Å²) in [6, 6.07) is 7.38. The molecule has 2 fully saturated rings. The standard InChI is InChI=1S/C28H27F3N2O4/c1-32-12-11-26-22-14-19(33(2)23(35)10-5-16-3-7-18(8-4-16)28(29,30)31)15-27(26,36)21(32)13-17-6-9-20(34)25(37-22)24(17)26/h3-4,6-9,19,21-22,34,36H,11-15H2,1-2H3/t19-,21-,22+,26-,27-/m1/s1. The van der Waals surface area contributed by atoms with Crippen LogP contribution in [0.3, 0.4) is 0 Å². The summed E-state index contributed by atoms with van der Waals surface area (Å²) in [5.74, 6) is 5.21. The fourth-order valence-corrected chi connectivity index (χ4v) is 7.17. The largest absolute Gasteiger partial charge is 0.504 e. The number of hydrogen-bond donors (Lipinski definition) is 2. The first-order valence-corrected chi connectivity index (χ1v) is 12.4. The number of aromatic hydroxyl groups is 1. The topological polar surface area (TPSA) is 73.2 Å². The van der Waals surface area contributed by atoms with Gasteiger partial charge in [-0.05, 0) is 68.8 Å². The molecular formula is C28H27F3N2O4. The Labute approximate surface area is 212 Å². The van der Waals surface area contributed by atoms with Crippen molar-refractivity contribution in [2.75, 3.05) is 20.6 Å². The molecule has 0 unspecified atom stereocenters. The lowest BCUT2D eigenvalue weighted by atomic mass is 9.48. The van der Waals surface area contributed by atoms with Crippen LogP contribution < -0.4 is 4.74 Å². The molecular weight excluding hydrogens is 485 g/mol. The minimum Gasteiger partial charge on any atom is -0.504 e. The molecule has 5 atom stereocenters. The van der Waals surface area contributed by atoms with Gasteiger partial charge in [-0.15, -0.1) is 0 Å². The van der Waals surface area contributed by atoms with Crippen LogP contribution in [0, 0.1) is 11.8 Å². The highest BCUT2D eigenvalue weighted by Crippen LogP contribution is 2.65. The molecule has 1 saturated heterocycles. The molecule has 4 aliphatic rings. The summed E-state index contributed by atoms with van der Waals surface area (Å²) in [6.07, 6.45) is -2.75. The second-order valence-electron chi connectivity index (χ2n) is 10.7. The number of phenolic OH excluding ortho intramolecular Hbond substituents is 1. The van der Waals surface area contributed by atoms with E-state index in [2.05, 4.69) is 16.7 Å². The predicted molar refractivity (Wildman–Crippen MR) is 128 cm³/mol. The number of halogens is 3. The zero-order valence-corrected chi connectivity index (χ0v) is 20.5. The molecule has 2 N–H and O–H groups in total. The molecule has 6 nitrogen and oxygen atoms in total. The first-order chi connectivity index (χ1) is 17.5. The van der Waals surface area contributed by atoms with Crippen molar-refractivity contribution in [3.05, 3.63) is 58.7 Å². The molecule has 2 aliphatic carbocycles. The van der Waals surface area contributed by atoms with E-state index < -0.39 is 34.8 Å². The lowest BCUT2D eigenvalue weighted by Gasteiger charge is -2.64. The van der Waals surface area contributed by atoms with E-state index in [-0.39, 0.29) is 17.8 Å². The number of likely N-dealkylation sites (N-methyl/N-ethyl adjacent to an activating group) is 1. The van der Waals surface area contributed by atoms with Gasteiger partial charge in [-0.2, -0.15) is 13.2 Å². The number of rotatable bonds is 1. The fraction of sp³-hybridized carbons (Fsp3) is 0.464. The van der Waals surface area contributed by atoms with E-state index in [9.17, 15) is 28.2 Å². The van der Waals surface area contributed by atoms with Gasteiger partial charge in [-0.25, -0.2) is 0 Å². The summed E-state index contributed by atoms with van der Waals surface area (Å²) in [7, 11) is 3.63. The third-order valence-electron chi connectivity index (χ3n) is 9.03. The van der Waals surface area contributed by atoms with Crippen molar-refractivity contribution < 1.29 is 32.9 Å². The van der Waals surface area contributed by atoms with E-state index in [0.29, 0.717) is 37.0 Å². The van der Waals surface area contributed by atoms with Crippen LogP contribution in [0.1, 0.15) is 41.5 Å². The van der Waals surface area contributed by atoms with E-state index in [1.807, 2.05) is 13.1 Å². The normalized spacial score (nSPS) is 31.6. The van der Waals surface area contributed by atoms with Crippen molar-refractivity contribution in [2.24, 2.45) is 0 Å². The SMILES string of the molecule is CN1CC[C@]23c4c5ccc(O)c4O[C@H]2C[C@@H](N(C)C(=O)C#Cc2ccc(C(F)(F)F)cc2)C[C@@]3(O)[C@H]1C5. The Kier molecular flexibility index (Phi) is 5.15. The highest BCUT2D eigenvalue weighted by molar-refractivity contribution is 5.94. The smallest absolute Gasteiger partial charge is 0.416 e. The highest BCUT2D eigenvalue weighted by atomic mass is 19.4. The number of carbonyl (C=O) groups excluding carboxylic acids is 1. The number of nitrogens with zero attached hydrogens (tertiary/aromatic N) is 2. The van der Waals surface area contributed by atoms with Gasteiger partial charge in [0, 0.05) is 42.6 Å². The number of piperidine rings is 1. The quantitative estimate of drug-likeness (QED) is 0.575. The number of likely N-dealkylation sites (tertiary alicyclic amines) is 1. The summed E-state index contributed by atoms with van der Waals surface area (Å²) < 4.78 is 44.8. The molecule has 1 amide bonds. The van der Waals surface area contributed by atoms with Crippen molar-refractivity contribution >= 4 is 5.91 Å². The zero-order valence-electron chi connectivity index (χ0n) is 20.5. The average Bonchev–Trinajstić information content (AvgIpc) is 3.19. The number of amides is 1. The minimum absolute atomic E-state index is 0.0608. The van der Waals surface area contributed by atoms with Crippen LogP contribution in [0.15, 0.2) is 36.4 Å². The first-order valence-electron chi connectivity index (χ1n) is 12.4. The Hall–Kier alpha value is -3.22. The van der Waals surface area contributed by atoms with Gasteiger partial charge in [-0.1, -0.05) is 12.0 Å². The molecule has 194 valence electrons. The molecule has 2 aromatic carbocycles.